The molecule has 122 valence electrons. The first-order valence-electron chi connectivity index (χ1n) is 7.86. The van der Waals surface area contributed by atoms with Gasteiger partial charge in [-0.15, -0.1) is 0 Å². The van der Waals surface area contributed by atoms with Crippen molar-refractivity contribution < 1.29 is 0 Å². The average molecular weight is 339 g/mol. The number of aryl methyl sites for hydroxylation is 1. The molecule has 1 aromatic heterocycles. The van der Waals surface area contributed by atoms with E-state index < -0.39 is 0 Å². The van der Waals surface area contributed by atoms with E-state index in [1.165, 1.54) is 0 Å². The fraction of sp³-hybridized carbons (Fsp3) is 0.158. The van der Waals surface area contributed by atoms with Crippen LogP contribution in [0.4, 0.5) is 23.1 Å². The molecule has 0 saturated carbocycles. The normalized spacial score (nSPS) is 10.5. The van der Waals surface area contributed by atoms with Gasteiger partial charge in [0.15, 0.2) is 0 Å². The number of halogens is 1. The van der Waals surface area contributed by atoms with Gasteiger partial charge in [0.1, 0.15) is 5.82 Å². The van der Waals surface area contributed by atoms with Crippen LogP contribution in [0.2, 0.25) is 5.02 Å². The third kappa shape index (κ3) is 3.84. The number of anilines is 4. The number of nitrogens with one attached hydrogen (secondary N) is 1. The Bertz CT molecular complexity index is 821. The highest BCUT2D eigenvalue weighted by Crippen LogP contribution is 2.25. The predicted molar refractivity (Wildman–Crippen MR) is 101 cm³/mol. The van der Waals surface area contributed by atoms with Crippen molar-refractivity contribution >= 4 is 34.7 Å². The van der Waals surface area contributed by atoms with Crippen LogP contribution < -0.4 is 10.2 Å². The van der Waals surface area contributed by atoms with Gasteiger partial charge in [0.05, 0.1) is 0 Å². The number of rotatable bonds is 5. The third-order valence-electron chi connectivity index (χ3n) is 3.58. The van der Waals surface area contributed by atoms with E-state index in [1.807, 2.05) is 55.5 Å². The van der Waals surface area contributed by atoms with Crippen molar-refractivity contribution in [2.75, 3.05) is 16.8 Å². The summed E-state index contributed by atoms with van der Waals surface area (Å²) in [7, 11) is 0. The standard InChI is InChI=1S/C19H19ClN4/c1-3-24(17-10-5-4-6-11-17)18-12-14(2)21-19(23-18)22-16-9-7-8-15(20)13-16/h4-13H,3H2,1-2H3,(H,21,22,23). The lowest BCUT2D eigenvalue weighted by Gasteiger charge is -2.23. The Hall–Kier alpha value is -2.59. The molecule has 1 heterocycles. The second-order valence-electron chi connectivity index (χ2n) is 5.41. The van der Waals surface area contributed by atoms with Crippen LogP contribution in [0.25, 0.3) is 0 Å². The smallest absolute Gasteiger partial charge is 0.229 e. The zero-order chi connectivity index (χ0) is 16.9. The van der Waals surface area contributed by atoms with Gasteiger partial charge in [-0.1, -0.05) is 35.9 Å². The van der Waals surface area contributed by atoms with Crippen LogP contribution >= 0.6 is 11.6 Å². The number of benzene rings is 2. The zero-order valence-electron chi connectivity index (χ0n) is 13.7. The van der Waals surface area contributed by atoms with Gasteiger partial charge in [0.25, 0.3) is 0 Å². The highest BCUT2D eigenvalue weighted by molar-refractivity contribution is 6.30. The molecule has 0 aliphatic carbocycles. The second-order valence-corrected chi connectivity index (χ2v) is 5.84. The Morgan fingerprint density at radius 3 is 2.50 bits per heavy atom. The summed E-state index contributed by atoms with van der Waals surface area (Å²) in [6.45, 7) is 4.89. The fourth-order valence-electron chi connectivity index (χ4n) is 2.53. The molecule has 1 N–H and O–H groups in total. The molecule has 2 aromatic carbocycles. The van der Waals surface area contributed by atoms with Crippen molar-refractivity contribution in [2.24, 2.45) is 0 Å². The van der Waals surface area contributed by atoms with Crippen molar-refractivity contribution in [2.45, 2.75) is 13.8 Å². The van der Waals surface area contributed by atoms with E-state index in [1.54, 1.807) is 0 Å². The van der Waals surface area contributed by atoms with E-state index in [-0.39, 0.29) is 0 Å². The Morgan fingerprint density at radius 2 is 1.79 bits per heavy atom. The summed E-state index contributed by atoms with van der Waals surface area (Å²) in [6, 6.07) is 19.7. The molecule has 0 spiro atoms. The second kappa shape index (κ2) is 7.32. The number of nitrogens with zero attached hydrogens (tertiary/aromatic N) is 3. The van der Waals surface area contributed by atoms with Crippen molar-refractivity contribution in [1.82, 2.24) is 9.97 Å². The van der Waals surface area contributed by atoms with Gasteiger partial charge < -0.3 is 10.2 Å². The van der Waals surface area contributed by atoms with Gasteiger partial charge >= 0.3 is 0 Å². The molecule has 0 bridgehead atoms. The molecule has 0 radical (unpaired) electrons. The maximum atomic E-state index is 6.04. The van der Waals surface area contributed by atoms with E-state index in [0.717, 1.165) is 29.4 Å². The first-order chi connectivity index (χ1) is 11.7. The SMILES string of the molecule is CCN(c1ccccc1)c1cc(C)nc(Nc2cccc(Cl)c2)n1. The zero-order valence-corrected chi connectivity index (χ0v) is 14.5. The Morgan fingerprint density at radius 1 is 1.00 bits per heavy atom. The molecule has 0 saturated heterocycles. The first-order valence-corrected chi connectivity index (χ1v) is 8.24. The Labute approximate surface area is 147 Å². The summed E-state index contributed by atoms with van der Waals surface area (Å²) in [6.07, 6.45) is 0. The van der Waals surface area contributed by atoms with Crippen LogP contribution in [-0.2, 0) is 0 Å². The summed E-state index contributed by atoms with van der Waals surface area (Å²) in [4.78, 5) is 11.3. The molecule has 0 amide bonds. The Kier molecular flexibility index (Phi) is 4.96. The minimum Gasteiger partial charge on any atom is -0.326 e. The quantitative estimate of drug-likeness (QED) is 0.681. The first kappa shape index (κ1) is 16.3. The maximum Gasteiger partial charge on any atom is 0.229 e. The lowest BCUT2D eigenvalue weighted by molar-refractivity contribution is 0.969. The monoisotopic (exact) mass is 338 g/mol. The van der Waals surface area contributed by atoms with Crippen LogP contribution in [-0.4, -0.2) is 16.5 Å². The van der Waals surface area contributed by atoms with Gasteiger partial charge in [-0.2, -0.15) is 4.98 Å². The average Bonchev–Trinajstić information content (AvgIpc) is 2.56. The summed E-state index contributed by atoms with van der Waals surface area (Å²) >= 11 is 6.04. The lowest BCUT2D eigenvalue weighted by atomic mass is 10.2. The molecule has 3 aromatic rings. The van der Waals surface area contributed by atoms with Crippen LogP contribution in [0.5, 0.6) is 0 Å². The minimum absolute atomic E-state index is 0.557. The molecule has 4 nitrogen and oxygen atoms in total. The topological polar surface area (TPSA) is 41.1 Å². The Balaban J connectivity index is 1.93. The molecule has 5 heteroatoms. The molecule has 3 rings (SSSR count). The number of aromatic nitrogens is 2. The molecule has 0 unspecified atom stereocenters. The number of hydrogen-bond donors (Lipinski definition) is 1. The van der Waals surface area contributed by atoms with Crippen LogP contribution in [0.1, 0.15) is 12.6 Å². The summed E-state index contributed by atoms with van der Waals surface area (Å²) in [5.41, 5.74) is 2.87. The maximum absolute atomic E-state index is 6.04. The summed E-state index contributed by atoms with van der Waals surface area (Å²) in [5.74, 6) is 1.42. The molecule has 24 heavy (non-hydrogen) atoms. The molecular formula is C19H19ClN4. The molecule has 0 aliphatic rings. The largest absolute Gasteiger partial charge is 0.326 e. The van der Waals surface area contributed by atoms with Crippen LogP contribution in [0, 0.1) is 6.92 Å². The van der Waals surface area contributed by atoms with E-state index in [2.05, 4.69) is 39.2 Å². The van der Waals surface area contributed by atoms with E-state index in [0.29, 0.717) is 11.0 Å². The molecule has 0 aliphatic heterocycles. The van der Waals surface area contributed by atoms with Gasteiger partial charge in [-0.3, -0.25) is 0 Å². The molecular weight excluding hydrogens is 320 g/mol. The van der Waals surface area contributed by atoms with Gasteiger partial charge in [-0.25, -0.2) is 4.98 Å². The van der Waals surface area contributed by atoms with Crippen molar-refractivity contribution in [3.05, 3.63) is 71.4 Å². The van der Waals surface area contributed by atoms with Crippen molar-refractivity contribution in [3.8, 4) is 0 Å². The fourth-order valence-corrected chi connectivity index (χ4v) is 2.72. The van der Waals surface area contributed by atoms with E-state index in [4.69, 9.17) is 11.6 Å². The summed E-state index contributed by atoms with van der Waals surface area (Å²) < 4.78 is 0. The molecule has 0 atom stereocenters. The van der Waals surface area contributed by atoms with Crippen molar-refractivity contribution in [1.29, 1.82) is 0 Å². The van der Waals surface area contributed by atoms with Crippen LogP contribution in [0.3, 0.4) is 0 Å². The number of hydrogen-bond acceptors (Lipinski definition) is 4. The lowest BCUT2D eigenvalue weighted by Crippen LogP contribution is -2.18. The minimum atomic E-state index is 0.557. The number of para-hydroxylation sites is 1. The predicted octanol–water partition coefficient (Wildman–Crippen LogP) is 5.34. The molecule has 0 fully saturated rings. The summed E-state index contributed by atoms with van der Waals surface area (Å²) in [5, 5.41) is 3.90. The van der Waals surface area contributed by atoms with Crippen molar-refractivity contribution in [3.63, 3.8) is 0 Å². The van der Waals surface area contributed by atoms with Gasteiger partial charge in [0, 0.05) is 34.7 Å². The highest BCUT2D eigenvalue weighted by atomic mass is 35.5. The van der Waals surface area contributed by atoms with Crippen LogP contribution in [0.15, 0.2) is 60.7 Å². The highest BCUT2D eigenvalue weighted by Gasteiger charge is 2.11. The van der Waals surface area contributed by atoms with E-state index >= 15 is 0 Å². The van der Waals surface area contributed by atoms with Gasteiger partial charge in [0.2, 0.25) is 5.95 Å². The van der Waals surface area contributed by atoms with E-state index in [9.17, 15) is 0 Å². The van der Waals surface area contributed by atoms with Gasteiger partial charge in [-0.05, 0) is 44.2 Å². The third-order valence-corrected chi connectivity index (χ3v) is 3.82.